The molecule has 0 heterocycles. The van der Waals surface area contributed by atoms with E-state index in [1.54, 1.807) is 12.1 Å². The molecule has 0 saturated carbocycles. The average molecular weight is 358 g/mol. The van der Waals surface area contributed by atoms with Gasteiger partial charge in [0.2, 0.25) is 5.75 Å². The number of amides is 1. The van der Waals surface area contributed by atoms with Gasteiger partial charge in [-0.15, -0.1) is 0 Å². The highest BCUT2D eigenvalue weighted by atomic mass is 16.5. The molecule has 0 fully saturated rings. The minimum Gasteiger partial charge on any atom is -0.493 e. The van der Waals surface area contributed by atoms with Crippen molar-refractivity contribution in [2.45, 2.75) is 26.3 Å². The van der Waals surface area contributed by atoms with Crippen molar-refractivity contribution in [1.29, 1.82) is 0 Å². The Balaban J connectivity index is 2.19. The maximum absolute atomic E-state index is 12.6. The van der Waals surface area contributed by atoms with Gasteiger partial charge in [-0.05, 0) is 57.2 Å². The number of methoxy groups -OCH3 is 3. The first-order chi connectivity index (χ1) is 12.3. The van der Waals surface area contributed by atoms with Crippen LogP contribution in [0.4, 0.5) is 11.4 Å². The van der Waals surface area contributed by atoms with E-state index >= 15 is 0 Å². The lowest BCUT2D eigenvalue weighted by Crippen LogP contribution is -2.25. The number of carbonyl (C=O) groups excluding carboxylic acids is 1. The molecule has 1 amide bonds. The van der Waals surface area contributed by atoms with Crippen molar-refractivity contribution in [2.24, 2.45) is 0 Å². The number of anilines is 2. The minimum absolute atomic E-state index is 0.0268. The Morgan fingerprint density at radius 3 is 1.77 bits per heavy atom. The van der Waals surface area contributed by atoms with Crippen molar-refractivity contribution in [1.82, 2.24) is 0 Å². The molecule has 0 radical (unpaired) electrons. The van der Waals surface area contributed by atoms with Gasteiger partial charge >= 0.3 is 0 Å². The Bertz CT molecular complexity index is 739. The van der Waals surface area contributed by atoms with Gasteiger partial charge in [-0.2, -0.15) is 0 Å². The van der Waals surface area contributed by atoms with Crippen molar-refractivity contribution in [3.8, 4) is 17.2 Å². The zero-order valence-corrected chi connectivity index (χ0v) is 16.1. The second kappa shape index (κ2) is 7.99. The first-order valence-corrected chi connectivity index (χ1v) is 8.27. The van der Waals surface area contributed by atoms with Crippen molar-refractivity contribution in [3.63, 3.8) is 0 Å². The van der Waals surface area contributed by atoms with E-state index < -0.39 is 0 Å². The molecule has 2 aromatic carbocycles. The van der Waals surface area contributed by atoms with Crippen LogP contribution in [-0.4, -0.2) is 32.8 Å². The van der Waals surface area contributed by atoms with Crippen LogP contribution in [0.3, 0.4) is 0 Å². The molecule has 6 nitrogen and oxygen atoms in total. The molecule has 0 aromatic heterocycles. The normalized spacial score (nSPS) is 10.8. The van der Waals surface area contributed by atoms with Crippen molar-refractivity contribution < 1.29 is 19.0 Å². The molecule has 6 heteroatoms. The van der Waals surface area contributed by atoms with E-state index in [4.69, 9.17) is 14.2 Å². The average Bonchev–Trinajstić information content (AvgIpc) is 2.60. The number of hydrogen-bond acceptors (Lipinski definition) is 5. The fourth-order valence-electron chi connectivity index (χ4n) is 2.49. The Morgan fingerprint density at radius 1 is 0.846 bits per heavy atom. The molecule has 2 rings (SSSR count). The summed E-state index contributed by atoms with van der Waals surface area (Å²) in [6, 6.07) is 10.8. The Morgan fingerprint density at radius 2 is 1.35 bits per heavy atom. The molecule has 2 N–H and O–H groups in total. The fourth-order valence-corrected chi connectivity index (χ4v) is 2.49. The first kappa shape index (κ1) is 19.4. The summed E-state index contributed by atoms with van der Waals surface area (Å²) in [5, 5.41) is 6.25. The number of carbonyl (C=O) groups is 1. The van der Waals surface area contributed by atoms with Crippen LogP contribution in [0, 0.1) is 0 Å². The predicted octanol–water partition coefficient (Wildman–Crippen LogP) is 4.18. The van der Waals surface area contributed by atoms with E-state index in [2.05, 4.69) is 31.4 Å². The SMILES string of the molecule is COc1cc(C(=O)Nc2ccc(NC(C)(C)C)cc2)cc(OC)c1OC. The Hall–Kier alpha value is -2.89. The number of benzene rings is 2. The highest BCUT2D eigenvalue weighted by molar-refractivity contribution is 6.05. The molecule has 140 valence electrons. The van der Waals surface area contributed by atoms with Gasteiger partial charge in [0.15, 0.2) is 11.5 Å². The molecule has 0 bridgehead atoms. The van der Waals surface area contributed by atoms with Gasteiger partial charge in [0, 0.05) is 22.5 Å². The van der Waals surface area contributed by atoms with Gasteiger partial charge in [-0.1, -0.05) is 0 Å². The van der Waals surface area contributed by atoms with Crippen LogP contribution in [0.1, 0.15) is 31.1 Å². The number of hydrogen-bond donors (Lipinski definition) is 2. The zero-order chi connectivity index (χ0) is 19.3. The summed E-state index contributed by atoms with van der Waals surface area (Å²) in [7, 11) is 4.55. The maximum Gasteiger partial charge on any atom is 0.255 e. The van der Waals surface area contributed by atoms with Gasteiger partial charge in [0.1, 0.15) is 0 Å². The van der Waals surface area contributed by atoms with Gasteiger partial charge in [-0.25, -0.2) is 0 Å². The fraction of sp³-hybridized carbons (Fsp3) is 0.350. The van der Waals surface area contributed by atoms with Crippen molar-refractivity contribution >= 4 is 17.3 Å². The lowest BCUT2D eigenvalue weighted by molar-refractivity contribution is 0.102. The van der Waals surface area contributed by atoms with Gasteiger partial charge in [-0.3, -0.25) is 4.79 Å². The highest BCUT2D eigenvalue weighted by Gasteiger charge is 2.17. The van der Waals surface area contributed by atoms with Gasteiger partial charge in [0.25, 0.3) is 5.91 Å². The standard InChI is InChI=1S/C20H26N2O4/c1-20(2,3)22-15-9-7-14(8-10-15)21-19(23)13-11-16(24-4)18(26-6)17(12-13)25-5/h7-12,22H,1-6H3,(H,21,23). The zero-order valence-electron chi connectivity index (χ0n) is 16.1. The smallest absolute Gasteiger partial charge is 0.255 e. The van der Waals surface area contributed by atoms with Crippen LogP contribution in [0.5, 0.6) is 17.2 Å². The van der Waals surface area contributed by atoms with Crippen LogP contribution < -0.4 is 24.8 Å². The van der Waals surface area contributed by atoms with E-state index in [1.165, 1.54) is 21.3 Å². The monoisotopic (exact) mass is 358 g/mol. The lowest BCUT2D eigenvalue weighted by Gasteiger charge is -2.22. The van der Waals surface area contributed by atoms with Crippen molar-refractivity contribution in [3.05, 3.63) is 42.0 Å². The molecule has 2 aromatic rings. The number of nitrogens with one attached hydrogen (secondary N) is 2. The summed E-state index contributed by atoms with van der Waals surface area (Å²) in [5.41, 5.74) is 2.07. The van der Waals surface area contributed by atoms with E-state index in [-0.39, 0.29) is 11.4 Å². The third-order valence-electron chi connectivity index (χ3n) is 3.59. The quantitative estimate of drug-likeness (QED) is 0.811. The maximum atomic E-state index is 12.6. The van der Waals surface area contributed by atoms with Gasteiger partial charge in [0.05, 0.1) is 21.3 Å². The number of ether oxygens (including phenoxy) is 3. The second-order valence-electron chi connectivity index (χ2n) is 6.82. The molecule has 0 aliphatic heterocycles. The summed E-state index contributed by atoms with van der Waals surface area (Å²) < 4.78 is 15.9. The summed E-state index contributed by atoms with van der Waals surface area (Å²) in [6.45, 7) is 6.27. The molecule has 0 saturated heterocycles. The summed E-state index contributed by atoms with van der Waals surface area (Å²) in [5.74, 6) is 1.05. The summed E-state index contributed by atoms with van der Waals surface area (Å²) in [4.78, 5) is 12.6. The first-order valence-electron chi connectivity index (χ1n) is 8.27. The molecule has 0 atom stereocenters. The molecule has 0 spiro atoms. The van der Waals surface area contributed by atoms with E-state index in [0.29, 0.717) is 28.5 Å². The second-order valence-corrected chi connectivity index (χ2v) is 6.82. The molecule has 0 aliphatic rings. The van der Waals surface area contributed by atoms with Crippen LogP contribution in [-0.2, 0) is 0 Å². The Labute approximate surface area is 154 Å². The molecule has 0 aliphatic carbocycles. The lowest BCUT2D eigenvalue weighted by atomic mass is 10.1. The molecular formula is C20H26N2O4. The highest BCUT2D eigenvalue weighted by Crippen LogP contribution is 2.38. The molecule has 0 unspecified atom stereocenters. The largest absolute Gasteiger partial charge is 0.493 e. The topological polar surface area (TPSA) is 68.8 Å². The number of rotatable bonds is 6. The molecular weight excluding hydrogens is 332 g/mol. The third kappa shape index (κ3) is 4.81. The third-order valence-corrected chi connectivity index (χ3v) is 3.59. The van der Waals surface area contributed by atoms with E-state index in [9.17, 15) is 4.79 Å². The van der Waals surface area contributed by atoms with Crippen LogP contribution in [0.2, 0.25) is 0 Å². The Kier molecular flexibility index (Phi) is 5.97. The summed E-state index contributed by atoms with van der Waals surface area (Å²) >= 11 is 0. The van der Waals surface area contributed by atoms with Crippen LogP contribution in [0.15, 0.2) is 36.4 Å². The van der Waals surface area contributed by atoms with E-state index in [0.717, 1.165) is 5.69 Å². The predicted molar refractivity (Wildman–Crippen MR) is 104 cm³/mol. The summed E-state index contributed by atoms with van der Waals surface area (Å²) in [6.07, 6.45) is 0. The van der Waals surface area contributed by atoms with E-state index in [1.807, 2.05) is 24.3 Å². The van der Waals surface area contributed by atoms with Crippen LogP contribution in [0.25, 0.3) is 0 Å². The van der Waals surface area contributed by atoms with Gasteiger partial charge < -0.3 is 24.8 Å². The minimum atomic E-state index is -0.263. The van der Waals surface area contributed by atoms with Crippen LogP contribution >= 0.6 is 0 Å². The van der Waals surface area contributed by atoms with Crippen molar-refractivity contribution in [2.75, 3.05) is 32.0 Å². The molecule has 26 heavy (non-hydrogen) atoms.